The van der Waals surface area contributed by atoms with Gasteiger partial charge in [-0.05, 0) is 68.4 Å². The lowest BCUT2D eigenvalue weighted by Crippen LogP contribution is -2.39. The van der Waals surface area contributed by atoms with Crippen molar-refractivity contribution in [1.29, 1.82) is 0 Å². The highest BCUT2D eigenvalue weighted by Gasteiger charge is 2.30. The molecule has 1 saturated heterocycles. The van der Waals surface area contributed by atoms with E-state index in [0.717, 1.165) is 44.0 Å². The number of nitrogens with zero attached hydrogens (tertiary/aromatic N) is 1. The van der Waals surface area contributed by atoms with E-state index in [-0.39, 0.29) is 5.82 Å². The molecule has 0 radical (unpaired) electrons. The fourth-order valence-corrected chi connectivity index (χ4v) is 3.86. The van der Waals surface area contributed by atoms with E-state index in [1.807, 2.05) is 6.07 Å². The van der Waals surface area contributed by atoms with E-state index in [4.69, 9.17) is 0 Å². The Labute approximate surface area is 121 Å². The largest absolute Gasteiger partial charge is 0.316 e. The predicted octanol–water partition coefficient (Wildman–Crippen LogP) is 3.13. The monoisotopic (exact) mass is 276 g/mol. The first-order chi connectivity index (χ1) is 9.79. The van der Waals surface area contributed by atoms with Crippen molar-refractivity contribution in [2.24, 2.45) is 5.92 Å². The average molecular weight is 276 g/mol. The van der Waals surface area contributed by atoms with Crippen molar-refractivity contribution in [2.75, 3.05) is 26.2 Å². The van der Waals surface area contributed by atoms with Crippen LogP contribution in [0.3, 0.4) is 0 Å². The third-order valence-corrected chi connectivity index (χ3v) is 4.92. The van der Waals surface area contributed by atoms with Gasteiger partial charge in [0.05, 0.1) is 0 Å². The zero-order valence-electron chi connectivity index (χ0n) is 12.4. The number of hydrogen-bond acceptors (Lipinski definition) is 2. The third-order valence-electron chi connectivity index (χ3n) is 4.92. The summed E-state index contributed by atoms with van der Waals surface area (Å²) in [6, 6.07) is 6.01. The lowest BCUT2D eigenvalue weighted by molar-refractivity contribution is 0.161. The molecule has 0 amide bonds. The van der Waals surface area contributed by atoms with Crippen molar-refractivity contribution in [3.63, 3.8) is 0 Å². The Morgan fingerprint density at radius 3 is 3.00 bits per heavy atom. The predicted molar refractivity (Wildman–Crippen MR) is 80.3 cm³/mol. The molecule has 2 unspecified atom stereocenters. The van der Waals surface area contributed by atoms with Crippen LogP contribution in [0.4, 0.5) is 4.39 Å². The van der Waals surface area contributed by atoms with E-state index in [9.17, 15) is 4.39 Å². The summed E-state index contributed by atoms with van der Waals surface area (Å²) in [7, 11) is 0. The summed E-state index contributed by atoms with van der Waals surface area (Å²) >= 11 is 0. The Bertz CT molecular complexity index is 454. The third kappa shape index (κ3) is 2.75. The molecule has 1 N–H and O–H groups in total. The molecule has 1 aliphatic heterocycles. The summed E-state index contributed by atoms with van der Waals surface area (Å²) in [5, 5.41) is 3.50. The summed E-state index contributed by atoms with van der Waals surface area (Å²) in [5.74, 6) is 0.738. The summed E-state index contributed by atoms with van der Waals surface area (Å²) in [4.78, 5) is 2.56. The second kappa shape index (κ2) is 6.23. The zero-order valence-corrected chi connectivity index (χ0v) is 12.4. The van der Waals surface area contributed by atoms with E-state index in [1.54, 1.807) is 6.07 Å². The topological polar surface area (TPSA) is 15.3 Å². The normalized spacial score (nSPS) is 25.9. The van der Waals surface area contributed by atoms with Crippen molar-refractivity contribution in [3.8, 4) is 0 Å². The zero-order chi connectivity index (χ0) is 13.9. The lowest BCUT2D eigenvalue weighted by atomic mass is 9.97. The highest BCUT2D eigenvalue weighted by atomic mass is 19.1. The minimum Gasteiger partial charge on any atom is -0.316 e. The number of halogens is 1. The van der Waals surface area contributed by atoms with Gasteiger partial charge in [-0.25, -0.2) is 4.39 Å². The second-order valence-electron chi connectivity index (χ2n) is 6.16. The SMILES string of the molecule is CCN(CC1CCCNC1)C1CCc2c(F)cccc21. The lowest BCUT2D eigenvalue weighted by Gasteiger charge is -2.33. The average Bonchev–Trinajstić information content (AvgIpc) is 2.91. The van der Waals surface area contributed by atoms with Gasteiger partial charge in [0.15, 0.2) is 0 Å². The van der Waals surface area contributed by atoms with Gasteiger partial charge in [-0.1, -0.05) is 19.1 Å². The number of benzene rings is 1. The maximum absolute atomic E-state index is 13.9. The standard InChI is InChI=1S/C17H25FN2/c1-2-20(12-13-5-4-10-19-11-13)17-9-8-14-15(17)6-3-7-16(14)18/h3,6-7,13,17,19H,2,4-5,8-12H2,1H3. The first-order valence-electron chi connectivity index (χ1n) is 8.01. The molecule has 1 fully saturated rings. The van der Waals surface area contributed by atoms with Crippen LogP contribution in [-0.4, -0.2) is 31.1 Å². The van der Waals surface area contributed by atoms with Crippen molar-refractivity contribution >= 4 is 0 Å². The molecule has 20 heavy (non-hydrogen) atoms. The molecular weight excluding hydrogens is 251 g/mol. The Morgan fingerprint density at radius 2 is 2.25 bits per heavy atom. The fourth-order valence-electron chi connectivity index (χ4n) is 3.86. The van der Waals surface area contributed by atoms with Crippen LogP contribution < -0.4 is 5.32 Å². The quantitative estimate of drug-likeness (QED) is 0.909. The van der Waals surface area contributed by atoms with E-state index in [0.29, 0.717) is 6.04 Å². The maximum atomic E-state index is 13.9. The first-order valence-corrected chi connectivity index (χ1v) is 8.01. The molecule has 2 atom stereocenters. The Morgan fingerprint density at radius 1 is 1.35 bits per heavy atom. The molecule has 0 aromatic heterocycles. The molecule has 110 valence electrons. The van der Waals surface area contributed by atoms with E-state index >= 15 is 0 Å². The molecule has 0 spiro atoms. The van der Waals surface area contributed by atoms with Crippen molar-refractivity contribution in [1.82, 2.24) is 10.2 Å². The fraction of sp³-hybridized carbons (Fsp3) is 0.647. The van der Waals surface area contributed by atoms with Crippen LogP contribution in [0.1, 0.15) is 43.4 Å². The minimum atomic E-state index is -0.0135. The van der Waals surface area contributed by atoms with Crippen LogP contribution in [0.15, 0.2) is 18.2 Å². The summed E-state index contributed by atoms with van der Waals surface area (Å²) in [6.07, 6.45) is 4.58. The van der Waals surface area contributed by atoms with Gasteiger partial charge in [0, 0.05) is 12.6 Å². The van der Waals surface area contributed by atoms with Gasteiger partial charge in [-0.15, -0.1) is 0 Å². The summed E-state index contributed by atoms with van der Waals surface area (Å²) in [6.45, 7) is 6.73. The molecule has 1 heterocycles. The van der Waals surface area contributed by atoms with Crippen LogP contribution >= 0.6 is 0 Å². The molecule has 1 aliphatic carbocycles. The van der Waals surface area contributed by atoms with E-state index in [2.05, 4.69) is 23.2 Å². The molecule has 3 heteroatoms. The summed E-state index contributed by atoms with van der Waals surface area (Å²) in [5.41, 5.74) is 2.19. The van der Waals surface area contributed by atoms with Crippen molar-refractivity contribution in [2.45, 2.75) is 38.6 Å². The van der Waals surface area contributed by atoms with Gasteiger partial charge >= 0.3 is 0 Å². The van der Waals surface area contributed by atoms with Crippen molar-refractivity contribution < 1.29 is 4.39 Å². The van der Waals surface area contributed by atoms with Gasteiger partial charge in [-0.2, -0.15) is 0 Å². The smallest absolute Gasteiger partial charge is 0.126 e. The molecule has 2 nitrogen and oxygen atoms in total. The van der Waals surface area contributed by atoms with Crippen LogP contribution in [-0.2, 0) is 6.42 Å². The van der Waals surface area contributed by atoms with Gasteiger partial charge in [0.1, 0.15) is 5.82 Å². The van der Waals surface area contributed by atoms with Gasteiger partial charge in [-0.3, -0.25) is 4.90 Å². The Hall–Kier alpha value is -0.930. The second-order valence-corrected chi connectivity index (χ2v) is 6.16. The Balaban J connectivity index is 1.73. The van der Waals surface area contributed by atoms with Crippen LogP contribution in [0.25, 0.3) is 0 Å². The van der Waals surface area contributed by atoms with E-state index in [1.165, 1.54) is 24.9 Å². The number of piperidine rings is 1. The number of rotatable bonds is 4. The maximum Gasteiger partial charge on any atom is 0.126 e. The number of nitrogens with one attached hydrogen (secondary N) is 1. The Kier molecular flexibility index (Phi) is 4.37. The van der Waals surface area contributed by atoms with Crippen LogP contribution in [0.5, 0.6) is 0 Å². The highest BCUT2D eigenvalue weighted by molar-refractivity contribution is 5.35. The molecular formula is C17H25FN2. The van der Waals surface area contributed by atoms with Crippen LogP contribution in [0.2, 0.25) is 0 Å². The van der Waals surface area contributed by atoms with Gasteiger partial charge in [0.25, 0.3) is 0 Å². The van der Waals surface area contributed by atoms with Gasteiger partial charge in [0.2, 0.25) is 0 Å². The minimum absolute atomic E-state index is 0.0135. The molecule has 3 rings (SSSR count). The summed E-state index contributed by atoms with van der Waals surface area (Å²) < 4.78 is 13.9. The van der Waals surface area contributed by atoms with Crippen LogP contribution in [0, 0.1) is 11.7 Å². The number of hydrogen-bond donors (Lipinski definition) is 1. The molecule has 1 aromatic carbocycles. The first kappa shape index (κ1) is 14.0. The molecule has 2 aliphatic rings. The molecule has 0 bridgehead atoms. The van der Waals surface area contributed by atoms with E-state index < -0.39 is 0 Å². The van der Waals surface area contributed by atoms with Crippen molar-refractivity contribution in [3.05, 3.63) is 35.1 Å². The molecule has 0 saturated carbocycles. The number of fused-ring (bicyclic) bond motifs is 1. The van der Waals surface area contributed by atoms with Gasteiger partial charge < -0.3 is 5.32 Å². The molecule has 1 aromatic rings. The highest BCUT2D eigenvalue weighted by Crippen LogP contribution is 2.37.